The van der Waals surface area contributed by atoms with Crippen molar-refractivity contribution in [3.63, 3.8) is 0 Å². The highest BCUT2D eigenvalue weighted by molar-refractivity contribution is 5.88. The molecule has 24 heavy (non-hydrogen) atoms. The number of nitrogens with one attached hydrogen (secondary N) is 2. The highest BCUT2D eigenvalue weighted by atomic mass is 16.2. The van der Waals surface area contributed by atoms with E-state index >= 15 is 0 Å². The van der Waals surface area contributed by atoms with Crippen molar-refractivity contribution in [3.8, 4) is 0 Å². The van der Waals surface area contributed by atoms with Crippen LogP contribution < -0.4 is 10.6 Å². The van der Waals surface area contributed by atoms with E-state index in [0.29, 0.717) is 6.54 Å². The summed E-state index contributed by atoms with van der Waals surface area (Å²) < 4.78 is 1.72. The molecule has 1 aromatic heterocycles. The number of aromatic nitrogens is 2. The number of benzene rings is 1. The van der Waals surface area contributed by atoms with Crippen LogP contribution in [0.1, 0.15) is 25.5 Å². The van der Waals surface area contributed by atoms with Crippen molar-refractivity contribution in [2.24, 2.45) is 7.05 Å². The summed E-state index contributed by atoms with van der Waals surface area (Å²) in [7, 11) is 1.85. The first-order valence-electron chi connectivity index (χ1n) is 8.56. The number of nitrogens with zero attached hydrogens (tertiary/aromatic N) is 3. The third-order valence-electron chi connectivity index (χ3n) is 4.38. The Balaban J connectivity index is 1.59. The second kappa shape index (κ2) is 7.38. The van der Waals surface area contributed by atoms with Gasteiger partial charge in [-0.05, 0) is 31.4 Å². The van der Waals surface area contributed by atoms with E-state index in [4.69, 9.17) is 0 Å². The normalized spacial score (nSPS) is 17.6. The number of hydrogen-bond donors (Lipinski definition) is 2. The van der Waals surface area contributed by atoms with Gasteiger partial charge >= 0.3 is 6.03 Å². The van der Waals surface area contributed by atoms with Crippen LogP contribution in [0.15, 0.2) is 36.4 Å². The summed E-state index contributed by atoms with van der Waals surface area (Å²) >= 11 is 0. The van der Waals surface area contributed by atoms with E-state index in [9.17, 15) is 4.79 Å². The fourth-order valence-electron chi connectivity index (χ4n) is 3.05. The third-order valence-corrected chi connectivity index (χ3v) is 4.38. The highest BCUT2D eigenvalue weighted by Gasteiger charge is 2.24. The molecule has 1 fully saturated rings. The molecule has 0 aliphatic carbocycles. The van der Waals surface area contributed by atoms with Crippen LogP contribution in [0.25, 0.3) is 0 Å². The molecule has 1 atom stereocenters. The van der Waals surface area contributed by atoms with Gasteiger partial charge in [-0.3, -0.25) is 10.00 Å². The molecule has 3 rings (SSSR count). The zero-order valence-electron chi connectivity index (χ0n) is 14.3. The van der Waals surface area contributed by atoms with Crippen molar-refractivity contribution >= 4 is 17.5 Å². The van der Waals surface area contributed by atoms with Gasteiger partial charge in [-0.1, -0.05) is 25.1 Å². The highest BCUT2D eigenvalue weighted by Crippen LogP contribution is 2.17. The number of rotatable bonds is 4. The molecule has 2 N–H and O–H groups in total. The molecule has 1 aliphatic heterocycles. The number of aryl methyl sites for hydroxylation is 2. The second-order valence-corrected chi connectivity index (χ2v) is 6.22. The molecule has 6 nitrogen and oxygen atoms in total. The number of carbonyl (C=O) groups excluding carboxylic acids is 1. The molecule has 0 saturated carbocycles. The molecule has 6 heteroatoms. The number of carbonyl (C=O) groups is 1. The molecule has 1 aliphatic rings. The molecular weight excluding hydrogens is 302 g/mol. The lowest BCUT2D eigenvalue weighted by Crippen LogP contribution is -2.47. The van der Waals surface area contributed by atoms with Crippen molar-refractivity contribution in [3.05, 3.63) is 42.1 Å². The van der Waals surface area contributed by atoms with E-state index in [-0.39, 0.29) is 12.1 Å². The van der Waals surface area contributed by atoms with Gasteiger partial charge in [-0.25, -0.2) is 4.79 Å². The number of para-hydroxylation sites is 1. The van der Waals surface area contributed by atoms with Gasteiger partial charge in [0.05, 0.1) is 5.69 Å². The predicted molar refractivity (Wildman–Crippen MR) is 96.3 cm³/mol. The first-order chi connectivity index (χ1) is 11.7. The fraction of sp³-hybridized carbons (Fsp3) is 0.444. The molecule has 128 valence electrons. The van der Waals surface area contributed by atoms with Crippen LogP contribution in [0.5, 0.6) is 0 Å². The molecule has 1 aromatic carbocycles. The van der Waals surface area contributed by atoms with Crippen molar-refractivity contribution in [1.82, 2.24) is 14.7 Å². The monoisotopic (exact) mass is 327 g/mol. The number of hydrogen-bond acceptors (Lipinski definition) is 3. The molecule has 0 radical (unpaired) electrons. The summed E-state index contributed by atoms with van der Waals surface area (Å²) in [4.78, 5) is 14.4. The fourth-order valence-corrected chi connectivity index (χ4v) is 3.05. The Morgan fingerprint density at radius 1 is 1.33 bits per heavy atom. The second-order valence-electron chi connectivity index (χ2n) is 6.22. The zero-order valence-corrected chi connectivity index (χ0v) is 14.3. The van der Waals surface area contributed by atoms with Gasteiger partial charge in [0.25, 0.3) is 0 Å². The molecular formula is C18H25N5O. The maximum absolute atomic E-state index is 12.6. The number of likely N-dealkylation sites (tertiary alicyclic amines) is 1. The van der Waals surface area contributed by atoms with Gasteiger partial charge in [-0.15, -0.1) is 0 Å². The van der Waals surface area contributed by atoms with Gasteiger partial charge in [0.1, 0.15) is 5.82 Å². The Morgan fingerprint density at radius 2 is 2.12 bits per heavy atom. The van der Waals surface area contributed by atoms with Crippen molar-refractivity contribution in [1.29, 1.82) is 0 Å². The summed E-state index contributed by atoms with van der Waals surface area (Å²) in [6.07, 6.45) is 2.93. The van der Waals surface area contributed by atoms with Crippen LogP contribution in [-0.4, -0.2) is 39.8 Å². The zero-order chi connectivity index (χ0) is 16.9. The number of piperidine rings is 1. The van der Waals surface area contributed by atoms with Crippen LogP contribution in [0, 0.1) is 0 Å². The smallest absolute Gasteiger partial charge is 0.323 e. The lowest BCUT2D eigenvalue weighted by molar-refractivity contribution is 0.195. The summed E-state index contributed by atoms with van der Waals surface area (Å²) in [5.74, 6) is 0.745. The van der Waals surface area contributed by atoms with E-state index < -0.39 is 0 Å². The standard InChI is InChI=1S/C18H25N5O/c1-3-14-12-17(22(2)21-14)20-18(24)23-11-7-10-16(13-23)19-15-8-5-4-6-9-15/h4-6,8-9,12,16,19H,3,7,10-11,13H2,1-2H3,(H,20,24)/t16-/m1/s1. The number of anilines is 2. The minimum absolute atomic E-state index is 0.0554. The van der Waals surface area contributed by atoms with Crippen LogP contribution >= 0.6 is 0 Å². The Kier molecular flexibility index (Phi) is 5.03. The van der Waals surface area contributed by atoms with Gasteiger partial charge in [0, 0.05) is 37.9 Å². The van der Waals surface area contributed by atoms with Gasteiger partial charge < -0.3 is 10.2 Å². The van der Waals surface area contributed by atoms with Crippen molar-refractivity contribution in [2.75, 3.05) is 23.7 Å². The lowest BCUT2D eigenvalue weighted by Gasteiger charge is -2.33. The Hall–Kier alpha value is -2.50. The Bertz CT molecular complexity index is 682. The average molecular weight is 327 g/mol. The molecule has 2 heterocycles. The molecule has 2 amide bonds. The summed E-state index contributed by atoms with van der Waals surface area (Å²) in [5, 5.41) is 10.9. The first kappa shape index (κ1) is 16.4. The lowest BCUT2D eigenvalue weighted by atomic mass is 10.1. The SMILES string of the molecule is CCc1cc(NC(=O)N2CCC[C@@H](Nc3ccccc3)C2)n(C)n1. The van der Waals surface area contributed by atoms with E-state index in [1.165, 1.54) is 0 Å². The van der Waals surface area contributed by atoms with Crippen LogP contribution in [0.3, 0.4) is 0 Å². The number of amides is 2. The summed E-state index contributed by atoms with van der Waals surface area (Å²) in [6.45, 7) is 3.55. The van der Waals surface area contributed by atoms with Crippen LogP contribution in [-0.2, 0) is 13.5 Å². The van der Waals surface area contributed by atoms with Gasteiger partial charge in [-0.2, -0.15) is 5.10 Å². The van der Waals surface area contributed by atoms with Gasteiger partial charge in [0.15, 0.2) is 0 Å². The summed E-state index contributed by atoms with van der Waals surface area (Å²) in [5.41, 5.74) is 2.08. The molecule has 0 spiro atoms. The largest absolute Gasteiger partial charge is 0.381 e. The molecule has 1 saturated heterocycles. The van der Waals surface area contributed by atoms with E-state index in [1.807, 2.05) is 36.2 Å². The first-order valence-corrected chi connectivity index (χ1v) is 8.56. The van der Waals surface area contributed by atoms with Crippen molar-refractivity contribution in [2.45, 2.75) is 32.2 Å². The van der Waals surface area contributed by atoms with Crippen LogP contribution in [0.4, 0.5) is 16.3 Å². The third kappa shape index (κ3) is 3.88. The molecule has 2 aromatic rings. The van der Waals surface area contributed by atoms with Crippen LogP contribution in [0.2, 0.25) is 0 Å². The van der Waals surface area contributed by atoms with Crippen molar-refractivity contribution < 1.29 is 4.79 Å². The minimum Gasteiger partial charge on any atom is -0.381 e. The average Bonchev–Trinajstić information content (AvgIpc) is 2.96. The minimum atomic E-state index is -0.0554. The molecule has 0 bridgehead atoms. The summed E-state index contributed by atoms with van der Waals surface area (Å²) in [6, 6.07) is 12.3. The quantitative estimate of drug-likeness (QED) is 0.907. The predicted octanol–water partition coefficient (Wildman–Crippen LogP) is 3.09. The molecule has 0 unspecified atom stereocenters. The van der Waals surface area contributed by atoms with Gasteiger partial charge in [0.2, 0.25) is 0 Å². The Labute approximate surface area is 142 Å². The van der Waals surface area contributed by atoms with E-state index in [0.717, 1.165) is 43.0 Å². The number of urea groups is 1. The Morgan fingerprint density at radius 3 is 2.83 bits per heavy atom. The van der Waals surface area contributed by atoms with E-state index in [2.05, 4.69) is 34.8 Å². The maximum atomic E-state index is 12.6. The maximum Gasteiger partial charge on any atom is 0.323 e. The topological polar surface area (TPSA) is 62.2 Å². The van der Waals surface area contributed by atoms with E-state index in [1.54, 1.807) is 4.68 Å².